The molecular weight excluding hydrogens is 238 g/mol. The molecule has 0 saturated heterocycles. The Balaban J connectivity index is 2.33. The summed E-state index contributed by atoms with van der Waals surface area (Å²) in [5, 5.41) is 0. The van der Waals surface area contributed by atoms with Crippen LogP contribution >= 0.6 is 0 Å². The number of hydrogen-bond donors (Lipinski definition) is 2. The second-order valence-corrected chi connectivity index (χ2v) is 4.34. The van der Waals surface area contributed by atoms with E-state index < -0.39 is 0 Å². The third-order valence-electron chi connectivity index (χ3n) is 2.92. The first-order valence-electron chi connectivity index (χ1n) is 6.36. The van der Waals surface area contributed by atoms with E-state index in [-0.39, 0.29) is 6.04 Å². The highest BCUT2D eigenvalue weighted by atomic mass is 16.5. The highest BCUT2D eigenvalue weighted by Gasteiger charge is 2.13. The lowest BCUT2D eigenvalue weighted by atomic mass is 9.99. The van der Waals surface area contributed by atoms with Crippen LogP contribution < -0.4 is 16.0 Å². The number of aromatic nitrogens is 1. The largest absolute Gasteiger partial charge is 0.494 e. The van der Waals surface area contributed by atoms with Gasteiger partial charge in [-0.15, -0.1) is 0 Å². The van der Waals surface area contributed by atoms with Gasteiger partial charge in [0.1, 0.15) is 5.75 Å². The van der Waals surface area contributed by atoms with Gasteiger partial charge in [-0.1, -0.05) is 12.1 Å². The van der Waals surface area contributed by atoms with Crippen molar-refractivity contribution in [2.24, 2.45) is 5.84 Å². The van der Waals surface area contributed by atoms with E-state index in [4.69, 9.17) is 10.6 Å². The summed E-state index contributed by atoms with van der Waals surface area (Å²) < 4.78 is 5.52. The molecule has 0 bridgehead atoms. The summed E-state index contributed by atoms with van der Waals surface area (Å²) in [5.41, 5.74) is 5.97. The van der Waals surface area contributed by atoms with Gasteiger partial charge in [-0.2, -0.15) is 0 Å². The first-order valence-corrected chi connectivity index (χ1v) is 6.36. The zero-order chi connectivity index (χ0) is 13.7. The lowest BCUT2D eigenvalue weighted by molar-refractivity contribution is 0.339. The maximum Gasteiger partial charge on any atom is 0.119 e. The van der Waals surface area contributed by atoms with E-state index in [1.807, 2.05) is 50.2 Å². The number of benzene rings is 1. The van der Waals surface area contributed by atoms with Crippen LogP contribution in [0.5, 0.6) is 5.75 Å². The Hall–Kier alpha value is -1.91. The fourth-order valence-corrected chi connectivity index (χ4v) is 2.08. The van der Waals surface area contributed by atoms with E-state index in [9.17, 15) is 0 Å². The van der Waals surface area contributed by atoms with Crippen molar-refractivity contribution in [1.82, 2.24) is 10.4 Å². The Morgan fingerprint density at radius 3 is 2.74 bits per heavy atom. The average molecular weight is 257 g/mol. The van der Waals surface area contributed by atoms with Gasteiger partial charge >= 0.3 is 0 Å². The molecule has 1 unspecified atom stereocenters. The molecule has 2 aromatic rings. The van der Waals surface area contributed by atoms with Crippen molar-refractivity contribution in [3.63, 3.8) is 0 Å². The smallest absolute Gasteiger partial charge is 0.119 e. The maximum absolute atomic E-state index is 5.70. The second kappa shape index (κ2) is 6.31. The lowest BCUT2D eigenvalue weighted by Gasteiger charge is -2.18. The van der Waals surface area contributed by atoms with Crippen LogP contribution in [0, 0.1) is 6.92 Å². The molecule has 4 heteroatoms. The number of hydrazine groups is 1. The van der Waals surface area contributed by atoms with Crippen LogP contribution in [-0.2, 0) is 0 Å². The summed E-state index contributed by atoms with van der Waals surface area (Å²) in [6.45, 7) is 4.59. The summed E-state index contributed by atoms with van der Waals surface area (Å²) in [6.07, 6.45) is 1.79. The molecule has 100 valence electrons. The molecule has 0 spiro atoms. The normalized spacial score (nSPS) is 12.2. The molecule has 2 rings (SSSR count). The van der Waals surface area contributed by atoms with E-state index >= 15 is 0 Å². The van der Waals surface area contributed by atoms with Crippen molar-refractivity contribution in [2.45, 2.75) is 19.9 Å². The van der Waals surface area contributed by atoms with Crippen molar-refractivity contribution in [2.75, 3.05) is 6.61 Å². The molecule has 4 nitrogen and oxygen atoms in total. The van der Waals surface area contributed by atoms with E-state index in [0.717, 1.165) is 22.6 Å². The van der Waals surface area contributed by atoms with Gasteiger partial charge in [0.05, 0.1) is 12.6 Å². The molecule has 19 heavy (non-hydrogen) atoms. The molecule has 1 heterocycles. The van der Waals surface area contributed by atoms with Gasteiger partial charge in [-0.3, -0.25) is 10.8 Å². The van der Waals surface area contributed by atoms with Crippen molar-refractivity contribution in [3.8, 4) is 5.75 Å². The van der Waals surface area contributed by atoms with Gasteiger partial charge in [0.15, 0.2) is 0 Å². The van der Waals surface area contributed by atoms with Crippen molar-refractivity contribution < 1.29 is 4.74 Å². The maximum atomic E-state index is 5.70. The molecule has 1 atom stereocenters. The Morgan fingerprint density at radius 1 is 1.26 bits per heavy atom. The minimum Gasteiger partial charge on any atom is -0.494 e. The molecule has 1 aromatic carbocycles. The third kappa shape index (κ3) is 3.30. The molecule has 1 aromatic heterocycles. The van der Waals surface area contributed by atoms with Crippen LogP contribution in [-0.4, -0.2) is 11.6 Å². The predicted molar refractivity (Wildman–Crippen MR) is 75.8 cm³/mol. The Kier molecular flexibility index (Phi) is 4.49. The fraction of sp³-hybridized carbons (Fsp3) is 0.267. The highest BCUT2D eigenvalue weighted by Crippen LogP contribution is 2.24. The number of nitrogens with zero attached hydrogens (tertiary/aromatic N) is 1. The first-order chi connectivity index (χ1) is 9.24. The summed E-state index contributed by atoms with van der Waals surface area (Å²) in [4.78, 5) is 4.20. The minimum absolute atomic E-state index is 0.0675. The lowest BCUT2D eigenvalue weighted by Crippen LogP contribution is -2.28. The van der Waals surface area contributed by atoms with E-state index in [2.05, 4.69) is 10.4 Å². The number of pyridine rings is 1. The van der Waals surface area contributed by atoms with E-state index in [1.165, 1.54) is 0 Å². The van der Waals surface area contributed by atoms with Crippen LogP contribution in [0.15, 0.2) is 42.6 Å². The topological polar surface area (TPSA) is 60.2 Å². The van der Waals surface area contributed by atoms with Crippen LogP contribution in [0.2, 0.25) is 0 Å². The summed E-state index contributed by atoms with van der Waals surface area (Å²) in [5.74, 6) is 6.55. The van der Waals surface area contributed by atoms with Gasteiger partial charge in [-0.25, -0.2) is 5.43 Å². The summed E-state index contributed by atoms with van der Waals surface area (Å²) in [6, 6.07) is 11.9. The number of ether oxygens (including phenoxy) is 1. The molecule has 0 aliphatic rings. The Morgan fingerprint density at radius 2 is 2.05 bits per heavy atom. The molecule has 0 amide bonds. The quantitative estimate of drug-likeness (QED) is 0.637. The monoisotopic (exact) mass is 257 g/mol. The van der Waals surface area contributed by atoms with Gasteiger partial charge in [0, 0.05) is 11.9 Å². The molecular formula is C15H19N3O. The fourth-order valence-electron chi connectivity index (χ4n) is 2.08. The number of hydrogen-bond acceptors (Lipinski definition) is 4. The standard InChI is InChI=1S/C15H19N3O/c1-3-19-14-6-4-5-12(10-14)15(18-16)13-7-8-17-11(2)9-13/h4-10,15,18H,3,16H2,1-2H3. The summed E-state index contributed by atoms with van der Waals surface area (Å²) in [7, 11) is 0. The third-order valence-corrected chi connectivity index (χ3v) is 2.92. The first kappa shape index (κ1) is 13.5. The van der Waals surface area contributed by atoms with Gasteiger partial charge in [-0.05, 0) is 49.2 Å². The minimum atomic E-state index is -0.0675. The molecule has 0 aliphatic heterocycles. The molecule has 0 aliphatic carbocycles. The molecule has 0 fully saturated rings. The average Bonchev–Trinajstić information content (AvgIpc) is 2.41. The van der Waals surface area contributed by atoms with Crippen LogP contribution in [0.25, 0.3) is 0 Å². The number of nitrogens with one attached hydrogen (secondary N) is 1. The number of nitrogens with two attached hydrogens (primary N) is 1. The summed E-state index contributed by atoms with van der Waals surface area (Å²) >= 11 is 0. The number of rotatable bonds is 5. The predicted octanol–water partition coefficient (Wildman–Crippen LogP) is 2.34. The zero-order valence-electron chi connectivity index (χ0n) is 11.3. The van der Waals surface area contributed by atoms with E-state index in [0.29, 0.717) is 6.61 Å². The Labute approximate surface area is 113 Å². The van der Waals surface area contributed by atoms with Crippen LogP contribution in [0.4, 0.5) is 0 Å². The van der Waals surface area contributed by atoms with Crippen molar-refractivity contribution in [3.05, 3.63) is 59.4 Å². The second-order valence-electron chi connectivity index (χ2n) is 4.34. The van der Waals surface area contributed by atoms with Gasteiger partial charge in [0.25, 0.3) is 0 Å². The highest BCUT2D eigenvalue weighted by molar-refractivity contribution is 5.36. The Bertz CT molecular complexity index is 542. The van der Waals surface area contributed by atoms with Gasteiger partial charge in [0.2, 0.25) is 0 Å². The van der Waals surface area contributed by atoms with Gasteiger partial charge < -0.3 is 4.74 Å². The van der Waals surface area contributed by atoms with E-state index in [1.54, 1.807) is 6.20 Å². The molecule has 0 saturated carbocycles. The molecule has 0 radical (unpaired) electrons. The van der Waals surface area contributed by atoms with Crippen molar-refractivity contribution in [1.29, 1.82) is 0 Å². The van der Waals surface area contributed by atoms with Crippen LogP contribution in [0.3, 0.4) is 0 Å². The van der Waals surface area contributed by atoms with Crippen molar-refractivity contribution >= 4 is 0 Å². The number of aryl methyl sites for hydroxylation is 1. The molecule has 3 N–H and O–H groups in total. The zero-order valence-corrected chi connectivity index (χ0v) is 11.3. The SMILES string of the molecule is CCOc1cccc(C(NN)c2ccnc(C)c2)c1. The van der Waals surface area contributed by atoms with Crippen LogP contribution in [0.1, 0.15) is 29.8 Å².